The highest BCUT2D eigenvalue weighted by Gasteiger charge is 2.42. The highest BCUT2D eigenvalue weighted by Crippen LogP contribution is 2.23. The number of pyridine rings is 1. The predicted molar refractivity (Wildman–Crippen MR) is 101 cm³/mol. The molecule has 3 N–H and O–H groups in total. The molecule has 0 bridgehead atoms. The zero-order valence-electron chi connectivity index (χ0n) is 14.7. The lowest BCUT2D eigenvalue weighted by molar-refractivity contribution is -0.137. The van der Waals surface area contributed by atoms with Gasteiger partial charge in [0.05, 0.1) is 0 Å². The maximum Gasteiger partial charge on any atom is 0.267 e. The van der Waals surface area contributed by atoms with Crippen molar-refractivity contribution in [2.45, 2.75) is 12.0 Å². The minimum absolute atomic E-state index is 0.301. The fraction of sp³-hybridized carbons (Fsp3) is 0.200. The van der Waals surface area contributed by atoms with Gasteiger partial charge in [-0.05, 0) is 18.2 Å². The number of fused-ring (bicyclic) bond motifs is 1. The van der Waals surface area contributed by atoms with Crippen molar-refractivity contribution in [3.8, 4) is 23.2 Å². The lowest BCUT2D eigenvalue weighted by atomic mass is 10.0. The molecular weight excluding hydrogens is 342 g/mol. The maximum atomic E-state index is 12.0. The van der Waals surface area contributed by atoms with Crippen LogP contribution in [-0.2, 0) is 4.79 Å². The minimum Gasteiger partial charge on any atom is -0.382 e. The first kappa shape index (κ1) is 16.9. The van der Waals surface area contributed by atoms with E-state index in [1.807, 2.05) is 18.2 Å². The second kappa shape index (κ2) is 6.34. The normalized spacial score (nSPS) is 19.2. The summed E-state index contributed by atoms with van der Waals surface area (Å²) >= 11 is 0. The molecule has 0 radical (unpaired) electrons. The molecule has 1 aromatic carbocycles. The molecule has 1 aliphatic heterocycles. The van der Waals surface area contributed by atoms with Gasteiger partial charge < -0.3 is 15.7 Å². The fourth-order valence-electron chi connectivity index (χ4n) is 3.00. The van der Waals surface area contributed by atoms with Crippen LogP contribution < -0.4 is 5.73 Å². The van der Waals surface area contributed by atoms with E-state index in [0.717, 1.165) is 10.9 Å². The summed E-state index contributed by atoms with van der Waals surface area (Å²) in [7, 11) is 1.65. The predicted octanol–water partition coefficient (Wildman–Crippen LogP) is 1.22. The van der Waals surface area contributed by atoms with Gasteiger partial charge >= 0.3 is 0 Å². The van der Waals surface area contributed by atoms with Gasteiger partial charge in [-0.2, -0.15) is 0 Å². The number of amides is 1. The lowest BCUT2D eigenvalue weighted by Crippen LogP contribution is -2.37. The molecule has 4 rings (SSSR count). The van der Waals surface area contributed by atoms with Gasteiger partial charge in [-0.25, -0.2) is 15.0 Å². The van der Waals surface area contributed by atoms with E-state index >= 15 is 0 Å². The van der Waals surface area contributed by atoms with Crippen LogP contribution in [-0.4, -0.2) is 50.1 Å². The fourth-order valence-corrected chi connectivity index (χ4v) is 3.00. The summed E-state index contributed by atoms with van der Waals surface area (Å²) in [5.41, 5.74) is 6.29. The number of carbonyl (C=O) groups excluding carboxylic acids is 1. The summed E-state index contributed by atoms with van der Waals surface area (Å²) in [6.45, 7) is 0.491. The van der Waals surface area contributed by atoms with Crippen molar-refractivity contribution in [2.75, 3.05) is 19.3 Å². The molecule has 2 aromatic heterocycles. The molecule has 134 valence electrons. The third-order valence-electron chi connectivity index (χ3n) is 4.57. The number of likely N-dealkylation sites (tertiary alicyclic amines) is 1. The zero-order chi connectivity index (χ0) is 19.0. The zero-order valence-corrected chi connectivity index (χ0v) is 14.7. The molecule has 0 saturated carbocycles. The Kier molecular flexibility index (Phi) is 3.98. The van der Waals surface area contributed by atoms with E-state index in [-0.39, 0.29) is 5.91 Å². The molecule has 7 nitrogen and oxygen atoms in total. The van der Waals surface area contributed by atoms with E-state index in [1.165, 1.54) is 4.90 Å². The number of hydrogen-bond acceptors (Lipinski definition) is 6. The average Bonchev–Trinajstić information content (AvgIpc) is 2.95. The number of nitrogen functional groups attached to an aromatic ring is 1. The number of hydrogen-bond donors (Lipinski definition) is 2. The van der Waals surface area contributed by atoms with Crippen LogP contribution in [0.3, 0.4) is 0 Å². The molecule has 27 heavy (non-hydrogen) atoms. The third-order valence-corrected chi connectivity index (χ3v) is 4.57. The smallest absolute Gasteiger partial charge is 0.267 e. The Bertz CT molecular complexity index is 1120. The Morgan fingerprint density at radius 2 is 2.15 bits per heavy atom. The lowest BCUT2D eigenvalue weighted by Gasteiger charge is -2.13. The van der Waals surface area contributed by atoms with E-state index in [1.54, 1.807) is 31.6 Å². The van der Waals surface area contributed by atoms with Crippen LogP contribution in [0.25, 0.3) is 22.3 Å². The van der Waals surface area contributed by atoms with E-state index in [4.69, 9.17) is 5.73 Å². The van der Waals surface area contributed by atoms with Gasteiger partial charge in [-0.15, -0.1) is 0 Å². The van der Waals surface area contributed by atoms with Crippen molar-refractivity contribution in [1.82, 2.24) is 19.9 Å². The van der Waals surface area contributed by atoms with Crippen LogP contribution in [0.2, 0.25) is 0 Å². The minimum atomic E-state index is -1.62. The van der Waals surface area contributed by atoms with Gasteiger partial charge in [0.15, 0.2) is 5.82 Å². The SMILES string of the molecule is CN1CCC(O)(C#Cc2cccc(-c3ncc4ccnc(N)c4n3)c2)C1=O. The Morgan fingerprint density at radius 1 is 1.30 bits per heavy atom. The first-order valence-electron chi connectivity index (χ1n) is 8.45. The number of nitrogens with two attached hydrogens (primary N) is 1. The number of anilines is 1. The first-order valence-corrected chi connectivity index (χ1v) is 8.45. The van der Waals surface area contributed by atoms with Gasteiger partial charge in [-0.3, -0.25) is 4.79 Å². The summed E-state index contributed by atoms with van der Waals surface area (Å²) in [4.78, 5) is 26.4. The number of benzene rings is 1. The molecule has 1 atom stereocenters. The van der Waals surface area contributed by atoms with Crippen LogP contribution >= 0.6 is 0 Å². The molecular formula is C20H17N5O2. The molecule has 1 aliphatic rings. The van der Waals surface area contributed by atoms with Gasteiger partial charge in [0.25, 0.3) is 5.91 Å². The van der Waals surface area contributed by atoms with Crippen molar-refractivity contribution in [1.29, 1.82) is 0 Å². The van der Waals surface area contributed by atoms with Gasteiger partial charge in [0, 0.05) is 48.9 Å². The summed E-state index contributed by atoms with van der Waals surface area (Å²) in [5, 5.41) is 11.2. The molecule has 7 heteroatoms. The van der Waals surface area contributed by atoms with Crippen LogP contribution in [0, 0.1) is 11.8 Å². The Hall–Kier alpha value is -3.50. The highest BCUT2D eigenvalue weighted by molar-refractivity contribution is 5.90. The van der Waals surface area contributed by atoms with Crippen molar-refractivity contribution in [3.63, 3.8) is 0 Å². The van der Waals surface area contributed by atoms with Gasteiger partial charge in [0.1, 0.15) is 11.3 Å². The quantitative estimate of drug-likeness (QED) is 0.633. The van der Waals surface area contributed by atoms with E-state index in [9.17, 15) is 9.90 Å². The molecule has 1 fully saturated rings. The topological polar surface area (TPSA) is 105 Å². The number of rotatable bonds is 1. The van der Waals surface area contributed by atoms with Crippen molar-refractivity contribution >= 4 is 22.6 Å². The van der Waals surface area contributed by atoms with Gasteiger partial charge in [0.2, 0.25) is 5.60 Å². The number of aliphatic hydroxyl groups is 1. The molecule has 3 aromatic rings. The third kappa shape index (κ3) is 3.07. The highest BCUT2D eigenvalue weighted by atomic mass is 16.3. The van der Waals surface area contributed by atoms with E-state index < -0.39 is 5.60 Å². The van der Waals surface area contributed by atoms with Gasteiger partial charge in [-0.1, -0.05) is 24.0 Å². The molecule has 1 amide bonds. The second-order valence-corrected chi connectivity index (χ2v) is 6.50. The van der Waals surface area contributed by atoms with Crippen LogP contribution in [0.1, 0.15) is 12.0 Å². The summed E-state index contributed by atoms with van der Waals surface area (Å²) in [6.07, 6.45) is 3.61. The molecule has 0 aliphatic carbocycles. The Morgan fingerprint density at radius 3 is 2.93 bits per heavy atom. The summed E-state index contributed by atoms with van der Waals surface area (Å²) < 4.78 is 0. The number of likely N-dealkylation sites (N-methyl/N-ethyl adjacent to an activating group) is 1. The van der Waals surface area contributed by atoms with Crippen LogP contribution in [0.15, 0.2) is 42.7 Å². The molecule has 1 unspecified atom stereocenters. The Labute approximate surface area is 155 Å². The van der Waals surface area contributed by atoms with Crippen molar-refractivity contribution in [3.05, 3.63) is 48.3 Å². The molecule has 3 heterocycles. The average molecular weight is 359 g/mol. The largest absolute Gasteiger partial charge is 0.382 e. The first-order chi connectivity index (χ1) is 13.0. The summed E-state index contributed by atoms with van der Waals surface area (Å²) in [6, 6.07) is 9.11. The number of aromatic nitrogens is 3. The summed E-state index contributed by atoms with van der Waals surface area (Å²) in [5.74, 6) is 6.09. The monoisotopic (exact) mass is 359 g/mol. The van der Waals surface area contributed by atoms with Crippen LogP contribution in [0.4, 0.5) is 5.82 Å². The van der Waals surface area contributed by atoms with Crippen molar-refractivity contribution in [2.24, 2.45) is 0 Å². The number of nitrogens with zero attached hydrogens (tertiary/aromatic N) is 4. The van der Waals surface area contributed by atoms with Crippen molar-refractivity contribution < 1.29 is 9.90 Å². The Balaban J connectivity index is 1.69. The standard InChI is InChI=1S/C20H17N5O2/c1-25-10-8-20(27,19(25)26)7-5-13-3-2-4-14(11-13)18-23-12-15-6-9-22-17(21)16(15)24-18/h2-4,6,9,11-12,27H,8,10H2,1H3,(H2,21,22). The van der Waals surface area contributed by atoms with E-state index in [0.29, 0.717) is 35.7 Å². The molecule has 1 saturated heterocycles. The maximum absolute atomic E-state index is 12.0. The molecule has 0 spiro atoms. The van der Waals surface area contributed by atoms with E-state index in [2.05, 4.69) is 26.8 Å². The second-order valence-electron chi connectivity index (χ2n) is 6.50. The van der Waals surface area contributed by atoms with Crippen LogP contribution in [0.5, 0.6) is 0 Å². The number of carbonyl (C=O) groups is 1.